The van der Waals surface area contributed by atoms with Gasteiger partial charge in [0.2, 0.25) is 0 Å². The van der Waals surface area contributed by atoms with E-state index in [1.54, 1.807) is 0 Å². The minimum atomic E-state index is 0.863. The summed E-state index contributed by atoms with van der Waals surface area (Å²) in [6.45, 7) is 0. The first kappa shape index (κ1) is 20.3. The Kier molecular flexibility index (Phi) is 6.74. The second-order valence-electron chi connectivity index (χ2n) is 6.74. The summed E-state index contributed by atoms with van der Waals surface area (Å²) in [5.74, 6) is 13.4. The van der Waals surface area contributed by atoms with Crippen molar-refractivity contribution >= 4 is 66.7 Å². The van der Waals surface area contributed by atoms with Gasteiger partial charge < -0.3 is 0 Å². The Bertz CT molecular complexity index is 1200. The first-order chi connectivity index (χ1) is 14.2. The quantitative estimate of drug-likeness (QED) is 0.126. The van der Waals surface area contributed by atoms with E-state index < -0.39 is 0 Å². The standard InChI is InChI=1S/C27H18I2/c28-24-18-8-16-22-14-6-12-20(26(22)24)10-4-2-1-3-5-11-21-13-7-15-23-17-9-19-25(29)27(21)23/h6-9,12-19H,1-3H2. The number of unbranched alkanes of at least 4 members (excludes halogenated alkanes) is 2. The molecule has 0 atom stereocenters. The van der Waals surface area contributed by atoms with Gasteiger partial charge in [-0.1, -0.05) is 72.2 Å². The van der Waals surface area contributed by atoms with Crippen molar-refractivity contribution in [2.45, 2.75) is 19.3 Å². The zero-order valence-corrected chi connectivity index (χ0v) is 20.1. The number of benzene rings is 4. The van der Waals surface area contributed by atoms with Gasteiger partial charge in [0.05, 0.1) is 0 Å². The fourth-order valence-electron chi connectivity index (χ4n) is 3.38. The second kappa shape index (κ2) is 9.65. The van der Waals surface area contributed by atoms with Crippen LogP contribution in [0.15, 0.2) is 72.8 Å². The van der Waals surface area contributed by atoms with E-state index in [0.29, 0.717) is 0 Å². The third kappa shape index (κ3) is 4.77. The summed E-state index contributed by atoms with van der Waals surface area (Å²) in [4.78, 5) is 0. The fraction of sp³-hybridized carbons (Fsp3) is 0.111. The maximum atomic E-state index is 3.36. The van der Waals surface area contributed by atoms with Crippen LogP contribution in [-0.4, -0.2) is 0 Å². The van der Waals surface area contributed by atoms with Gasteiger partial charge in [-0.2, -0.15) is 0 Å². The molecule has 0 heterocycles. The number of rotatable bonds is 2. The maximum Gasteiger partial charge on any atom is 0.0334 e. The number of hydrogen-bond donors (Lipinski definition) is 0. The van der Waals surface area contributed by atoms with E-state index in [0.717, 1.165) is 30.4 Å². The van der Waals surface area contributed by atoms with E-state index in [-0.39, 0.29) is 0 Å². The molecule has 0 amide bonds. The molecule has 2 heteroatoms. The molecule has 4 aromatic carbocycles. The van der Waals surface area contributed by atoms with Crippen molar-refractivity contribution in [3.8, 4) is 23.7 Å². The van der Waals surface area contributed by atoms with Crippen LogP contribution in [0, 0.1) is 30.8 Å². The Balaban J connectivity index is 1.42. The molecular formula is C27H18I2. The van der Waals surface area contributed by atoms with Gasteiger partial charge in [0.25, 0.3) is 0 Å². The lowest BCUT2D eigenvalue weighted by atomic mass is 10.0. The lowest BCUT2D eigenvalue weighted by molar-refractivity contribution is 0.903. The van der Waals surface area contributed by atoms with Crippen LogP contribution in [-0.2, 0) is 0 Å². The van der Waals surface area contributed by atoms with Crippen LogP contribution in [0.4, 0.5) is 0 Å². The predicted molar refractivity (Wildman–Crippen MR) is 141 cm³/mol. The molecule has 0 spiro atoms. The van der Waals surface area contributed by atoms with Crippen LogP contribution in [0.5, 0.6) is 0 Å². The Morgan fingerprint density at radius 3 is 1.41 bits per heavy atom. The van der Waals surface area contributed by atoms with Crippen molar-refractivity contribution in [2.75, 3.05) is 0 Å². The molecule has 0 nitrogen and oxygen atoms in total. The van der Waals surface area contributed by atoms with Crippen LogP contribution in [0.2, 0.25) is 0 Å². The maximum absolute atomic E-state index is 3.36. The summed E-state index contributed by atoms with van der Waals surface area (Å²) in [5.41, 5.74) is 2.23. The molecule has 0 N–H and O–H groups in total. The van der Waals surface area contributed by atoms with E-state index in [9.17, 15) is 0 Å². The largest absolute Gasteiger partial charge is 0.0978 e. The van der Waals surface area contributed by atoms with Crippen molar-refractivity contribution in [3.63, 3.8) is 0 Å². The molecular weight excluding hydrogens is 578 g/mol. The zero-order chi connectivity index (χ0) is 20.1. The van der Waals surface area contributed by atoms with Crippen molar-refractivity contribution in [1.29, 1.82) is 0 Å². The molecule has 0 aliphatic heterocycles. The highest BCUT2D eigenvalue weighted by Gasteiger charge is 2.02. The third-order valence-electron chi connectivity index (χ3n) is 4.76. The highest BCUT2D eigenvalue weighted by atomic mass is 127. The molecule has 0 saturated heterocycles. The van der Waals surface area contributed by atoms with Crippen LogP contribution >= 0.6 is 45.2 Å². The topological polar surface area (TPSA) is 0 Å². The normalized spacial score (nSPS) is 10.3. The molecule has 0 fully saturated rings. The first-order valence-electron chi connectivity index (χ1n) is 9.56. The Hall–Kier alpha value is -2.02. The van der Waals surface area contributed by atoms with Gasteiger partial charge in [-0.05, 0) is 86.6 Å². The SMILES string of the molecule is Ic1cccc2cccc(C#CCCCC#Cc3cccc4cccc(I)c34)c12. The minimum Gasteiger partial charge on any atom is -0.0978 e. The summed E-state index contributed by atoms with van der Waals surface area (Å²) >= 11 is 4.78. The van der Waals surface area contributed by atoms with Crippen LogP contribution in [0.25, 0.3) is 21.5 Å². The van der Waals surface area contributed by atoms with Gasteiger partial charge in [0.1, 0.15) is 0 Å². The van der Waals surface area contributed by atoms with Gasteiger partial charge in [-0.3, -0.25) is 0 Å². The molecule has 4 aromatic rings. The Labute approximate surface area is 199 Å². The lowest BCUT2D eigenvalue weighted by Gasteiger charge is -2.03. The highest BCUT2D eigenvalue weighted by Crippen LogP contribution is 2.25. The zero-order valence-electron chi connectivity index (χ0n) is 15.8. The first-order valence-corrected chi connectivity index (χ1v) is 11.7. The van der Waals surface area contributed by atoms with Gasteiger partial charge in [-0.15, -0.1) is 0 Å². The van der Waals surface area contributed by atoms with Crippen molar-refractivity contribution in [1.82, 2.24) is 0 Å². The van der Waals surface area contributed by atoms with E-state index in [1.807, 2.05) is 0 Å². The summed E-state index contributed by atoms with van der Waals surface area (Å²) in [6, 6.07) is 25.4. The second-order valence-corrected chi connectivity index (χ2v) is 9.07. The molecule has 0 bridgehead atoms. The average molecular weight is 596 g/mol. The van der Waals surface area contributed by atoms with E-state index >= 15 is 0 Å². The smallest absolute Gasteiger partial charge is 0.0334 e. The summed E-state index contributed by atoms with van der Waals surface area (Å²) < 4.78 is 2.50. The average Bonchev–Trinajstić information content (AvgIpc) is 2.73. The van der Waals surface area contributed by atoms with Crippen molar-refractivity contribution in [3.05, 3.63) is 91.1 Å². The van der Waals surface area contributed by atoms with E-state index in [2.05, 4.69) is 142 Å². The Morgan fingerprint density at radius 1 is 0.552 bits per heavy atom. The predicted octanol–water partition coefficient (Wildman–Crippen LogP) is 7.78. The number of hydrogen-bond acceptors (Lipinski definition) is 0. The molecule has 0 radical (unpaired) electrons. The van der Waals surface area contributed by atoms with Crippen LogP contribution in [0.1, 0.15) is 30.4 Å². The summed E-state index contributed by atoms with van der Waals surface area (Å²) in [7, 11) is 0. The Morgan fingerprint density at radius 2 is 0.966 bits per heavy atom. The molecule has 0 aliphatic rings. The fourth-order valence-corrected chi connectivity index (χ4v) is 5.00. The van der Waals surface area contributed by atoms with Crippen LogP contribution in [0.3, 0.4) is 0 Å². The monoisotopic (exact) mass is 596 g/mol. The summed E-state index contributed by atoms with van der Waals surface area (Å²) in [6.07, 6.45) is 2.72. The van der Waals surface area contributed by atoms with Crippen molar-refractivity contribution in [2.24, 2.45) is 0 Å². The van der Waals surface area contributed by atoms with Gasteiger partial charge in [0.15, 0.2) is 0 Å². The number of fused-ring (bicyclic) bond motifs is 2. The van der Waals surface area contributed by atoms with Crippen molar-refractivity contribution < 1.29 is 0 Å². The minimum absolute atomic E-state index is 0.863. The molecule has 0 aromatic heterocycles. The molecule has 0 aliphatic carbocycles. The highest BCUT2D eigenvalue weighted by molar-refractivity contribution is 14.1. The van der Waals surface area contributed by atoms with Gasteiger partial charge >= 0.3 is 0 Å². The number of halogens is 2. The molecule has 29 heavy (non-hydrogen) atoms. The molecule has 140 valence electrons. The summed E-state index contributed by atoms with van der Waals surface area (Å²) in [5, 5.41) is 5.01. The molecule has 4 rings (SSSR count). The van der Waals surface area contributed by atoms with Crippen LogP contribution < -0.4 is 0 Å². The van der Waals surface area contributed by atoms with Gasteiger partial charge in [0, 0.05) is 41.9 Å². The molecule has 0 unspecified atom stereocenters. The lowest BCUT2D eigenvalue weighted by Crippen LogP contribution is -1.84. The van der Waals surface area contributed by atoms with E-state index in [4.69, 9.17) is 0 Å². The van der Waals surface area contributed by atoms with Gasteiger partial charge in [-0.25, -0.2) is 0 Å². The van der Waals surface area contributed by atoms with E-state index in [1.165, 1.54) is 28.7 Å². The molecule has 0 saturated carbocycles. The third-order valence-corrected chi connectivity index (χ3v) is 6.56.